The maximum atomic E-state index is 13.5. The quantitative estimate of drug-likeness (QED) is 0.227. The number of amides is 1. The lowest BCUT2D eigenvalue weighted by Crippen LogP contribution is -2.54. The van der Waals surface area contributed by atoms with Crippen molar-refractivity contribution in [3.05, 3.63) is 30.3 Å². The summed E-state index contributed by atoms with van der Waals surface area (Å²) in [4.78, 5) is 19.2. The van der Waals surface area contributed by atoms with Gasteiger partial charge >= 0.3 is 0 Å². The highest BCUT2D eigenvalue weighted by Gasteiger charge is 2.48. The summed E-state index contributed by atoms with van der Waals surface area (Å²) in [6.07, 6.45) is 2.94. The highest BCUT2D eigenvalue weighted by atomic mass is 32.2. The number of sulfonamides is 1. The molecule has 0 aliphatic carbocycles. The smallest absolute Gasteiger partial charge is 0.243 e. The lowest BCUT2D eigenvalue weighted by atomic mass is 9.93. The second kappa shape index (κ2) is 11.1. The molecule has 3 rings (SSSR count). The number of nitrogens with two attached hydrogens (primary N) is 2. The molecule has 5 N–H and O–H groups in total. The first-order chi connectivity index (χ1) is 16.7. The number of nitrogens with one attached hydrogen (secondary N) is 1. The number of methoxy groups -OCH3 is 2. The topological polar surface area (TPSA) is 149 Å². The Bertz CT molecular complexity index is 1200. The number of ether oxygens (including phenoxy) is 2. The summed E-state index contributed by atoms with van der Waals surface area (Å²) >= 11 is 0. The van der Waals surface area contributed by atoms with Gasteiger partial charge in [-0.25, -0.2) is 8.42 Å². The molecule has 1 fully saturated rings. The van der Waals surface area contributed by atoms with Crippen LogP contribution in [-0.4, -0.2) is 64.6 Å². The van der Waals surface area contributed by atoms with E-state index < -0.39 is 15.6 Å². The van der Waals surface area contributed by atoms with Gasteiger partial charge in [0.2, 0.25) is 15.9 Å². The molecule has 2 aromatic rings. The van der Waals surface area contributed by atoms with Gasteiger partial charge in [-0.2, -0.15) is 4.72 Å². The summed E-state index contributed by atoms with van der Waals surface area (Å²) in [5, 5.41) is 1.48. The van der Waals surface area contributed by atoms with Gasteiger partial charge in [0.1, 0.15) is 5.54 Å². The van der Waals surface area contributed by atoms with E-state index in [9.17, 15) is 13.2 Å². The average molecular weight is 506 g/mol. The van der Waals surface area contributed by atoms with Crippen LogP contribution in [0.25, 0.3) is 10.8 Å². The number of benzene rings is 2. The van der Waals surface area contributed by atoms with Gasteiger partial charge in [0.25, 0.3) is 0 Å². The predicted octanol–water partition coefficient (Wildman–Crippen LogP) is 1.96. The van der Waals surface area contributed by atoms with Gasteiger partial charge in [0.05, 0.1) is 19.1 Å². The number of hydrogen-bond acceptors (Lipinski definition) is 6. The third kappa shape index (κ3) is 5.96. The maximum absolute atomic E-state index is 13.5. The van der Waals surface area contributed by atoms with E-state index in [1.807, 2.05) is 0 Å². The van der Waals surface area contributed by atoms with E-state index in [0.29, 0.717) is 55.8 Å². The SMILES string of the molecule is CCCCN1CCC(CCCN=C(N)N)(NS(=O)(=O)c2ccc3cc(OC)c(OC)cc3c2)C1=O. The van der Waals surface area contributed by atoms with E-state index in [1.54, 1.807) is 36.3 Å². The number of guanidine groups is 1. The number of nitrogens with zero attached hydrogens (tertiary/aromatic N) is 2. The molecule has 0 aromatic heterocycles. The van der Waals surface area contributed by atoms with Crippen LogP contribution in [-0.2, 0) is 14.8 Å². The van der Waals surface area contributed by atoms with Gasteiger partial charge in [-0.15, -0.1) is 0 Å². The highest BCUT2D eigenvalue weighted by Crippen LogP contribution is 2.34. The van der Waals surface area contributed by atoms with Crippen LogP contribution in [0.5, 0.6) is 11.5 Å². The van der Waals surface area contributed by atoms with Crippen molar-refractivity contribution < 1.29 is 22.7 Å². The molecule has 1 aliphatic rings. The van der Waals surface area contributed by atoms with Crippen LogP contribution in [0.3, 0.4) is 0 Å². The van der Waals surface area contributed by atoms with E-state index in [4.69, 9.17) is 20.9 Å². The second-order valence-electron chi connectivity index (χ2n) is 8.71. The number of rotatable bonds is 12. The van der Waals surface area contributed by atoms with Crippen molar-refractivity contribution in [3.8, 4) is 11.5 Å². The fraction of sp³-hybridized carbons (Fsp3) is 0.500. The van der Waals surface area contributed by atoms with Crippen molar-refractivity contribution in [2.24, 2.45) is 16.5 Å². The molecule has 1 atom stereocenters. The standard InChI is InChI=1S/C24H35N5O5S/c1-4-5-12-29-13-10-24(22(29)30,9-6-11-27-23(25)26)28-35(31,32)19-8-7-17-15-20(33-2)21(34-3)16-18(17)14-19/h7-8,14-16,28H,4-6,9-13H2,1-3H3,(H4,25,26,27). The molecule has 35 heavy (non-hydrogen) atoms. The van der Waals surface area contributed by atoms with Gasteiger partial charge in [0.15, 0.2) is 17.5 Å². The predicted molar refractivity (Wildman–Crippen MR) is 136 cm³/mol. The van der Waals surface area contributed by atoms with Crippen molar-refractivity contribution in [3.63, 3.8) is 0 Å². The molecule has 1 heterocycles. The fourth-order valence-corrected chi connectivity index (χ4v) is 5.86. The summed E-state index contributed by atoms with van der Waals surface area (Å²) < 4.78 is 40.5. The Kier molecular flexibility index (Phi) is 8.44. The molecule has 1 amide bonds. The normalized spacial score (nSPS) is 18.1. The Labute approximate surface area is 206 Å². The molecule has 2 aromatic carbocycles. The summed E-state index contributed by atoms with van der Waals surface area (Å²) in [6, 6.07) is 8.32. The number of hydrogen-bond donors (Lipinski definition) is 3. The monoisotopic (exact) mass is 505 g/mol. The molecule has 192 valence electrons. The third-order valence-electron chi connectivity index (χ3n) is 6.30. The van der Waals surface area contributed by atoms with Crippen LogP contribution >= 0.6 is 0 Å². The molecule has 0 radical (unpaired) electrons. The van der Waals surface area contributed by atoms with Crippen LogP contribution in [0, 0.1) is 0 Å². The van der Waals surface area contributed by atoms with Gasteiger partial charge in [-0.1, -0.05) is 19.4 Å². The van der Waals surface area contributed by atoms with E-state index in [-0.39, 0.29) is 16.8 Å². The average Bonchev–Trinajstić information content (AvgIpc) is 3.13. The number of aliphatic imine (C=N–C) groups is 1. The van der Waals surface area contributed by atoms with Crippen LogP contribution < -0.4 is 25.7 Å². The van der Waals surface area contributed by atoms with Crippen LogP contribution in [0.4, 0.5) is 0 Å². The van der Waals surface area contributed by atoms with E-state index in [1.165, 1.54) is 13.2 Å². The fourth-order valence-electron chi connectivity index (χ4n) is 4.40. The lowest BCUT2D eigenvalue weighted by molar-refractivity contribution is -0.132. The second-order valence-corrected chi connectivity index (χ2v) is 10.4. The van der Waals surface area contributed by atoms with Crippen LogP contribution in [0.2, 0.25) is 0 Å². The Hall–Kier alpha value is -3.05. The van der Waals surface area contributed by atoms with Crippen LogP contribution in [0.15, 0.2) is 40.2 Å². The molecule has 1 unspecified atom stereocenters. The molecule has 0 spiro atoms. The maximum Gasteiger partial charge on any atom is 0.243 e. The molecule has 0 saturated carbocycles. The Morgan fingerprint density at radius 2 is 1.80 bits per heavy atom. The Morgan fingerprint density at radius 1 is 1.11 bits per heavy atom. The van der Waals surface area contributed by atoms with Gasteiger partial charge in [-0.05, 0) is 60.7 Å². The first-order valence-electron chi connectivity index (χ1n) is 11.7. The summed E-state index contributed by atoms with van der Waals surface area (Å²) in [7, 11) is -0.949. The lowest BCUT2D eigenvalue weighted by Gasteiger charge is -2.29. The zero-order valence-electron chi connectivity index (χ0n) is 20.5. The van der Waals surface area contributed by atoms with Gasteiger partial charge in [-0.3, -0.25) is 9.79 Å². The van der Waals surface area contributed by atoms with E-state index >= 15 is 0 Å². The van der Waals surface area contributed by atoms with Gasteiger partial charge in [0, 0.05) is 19.6 Å². The third-order valence-corrected chi connectivity index (χ3v) is 7.83. The molecular formula is C24H35N5O5S. The number of carbonyl (C=O) groups is 1. The molecule has 0 bridgehead atoms. The Morgan fingerprint density at radius 3 is 2.43 bits per heavy atom. The van der Waals surface area contributed by atoms with Crippen molar-refractivity contribution >= 4 is 32.7 Å². The number of carbonyl (C=O) groups excluding carboxylic acids is 1. The molecule has 1 saturated heterocycles. The first-order valence-corrected chi connectivity index (χ1v) is 13.2. The van der Waals surface area contributed by atoms with Crippen molar-refractivity contribution in [2.45, 2.75) is 49.5 Å². The first kappa shape index (κ1) is 26.6. The van der Waals surface area contributed by atoms with Crippen LogP contribution in [0.1, 0.15) is 39.0 Å². The molecule has 10 nitrogen and oxygen atoms in total. The summed E-state index contributed by atoms with van der Waals surface area (Å²) in [5.74, 6) is 0.810. The minimum atomic E-state index is -4.01. The van der Waals surface area contributed by atoms with E-state index in [2.05, 4.69) is 16.6 Å². The summed E-state index contributed by atoms with van der Waals surface area (Å²) in [5.41, 5.74) is 9.58. The highest BCUT2D eigenvalue weighted by molar-refractivity contribution is 7.89. The molecule has 1 aliphatic heterocycles. The zero-order chi connectivity index (χ0) is 25.6. The number of unbranched alkanes of at least 4 members (excludes halogenated alkanes) is 1. The minimum Gasteiger partial charge on any atom is -0.493 e. The summed E-state index contributed by atoms with van der Waals surface area (Å²) in [6.45, 7) is 3.46. The van der Waals surface area contributed by atoms with Crippen molar-refractivity contribution in [1.29, 1.82) is 0 Å². The minimum absolute atomic E-state index is 0.0369. The molecular weight excluding hydrogens is 470 g/mol. The zero-order valence-corrected chi connectivity index (χ0v) is 21.4. The van der Waals surface area contributed by atoms with Gasteiger partial charge < -0.3 is 25.8 Å². The van der Waals surface area contributed by atoms with Crippen molar-refractivity contribution in [2.75, 3.05) is 33.9 Å². The van der Waals surface area contributed by atoms with Crippen molar-refractivity contribution in [1.82, 2.24) is 9.62 Å². The molecule has 11 heteroatoms. The van der Waals surface area contributed by atoms with E-state index in [0.717, 1.165) is 18.2 Å². The largest absolute Gasteiger partial charge is 0.493 e. The number of fused-ring (bicyclic) bond motifs is 1. The number of likely N-dealkylation sites (tertiary alicyclic amines) is 1. The Balaban J connectivity index is 1.92.